The van der Waals surface area contributed by atoms with E-state index in [2.05, 4.69) is 40.4 Å². The lowest BCUT2D eigenvalue weighted by atomic mass is 10.0. The molecule has 1 saturated heterocycles. The molecule has 2 aromatic carbocycles. The van der Waals surface area contributed by atoms with Crippen LogP contribution in [0.3, 0.4) is 0 Å². The van der Waals surface area contributed by atoms with Crippen molar-refractivity contribution >= 4 is 11.6 Å². The monoisotopic (exact) mass is 409 g/mol. The number of ether oxygens (including phenoxy) is 2. The first kappa shape index (κ1) is 20.5. The summed E-state index contributed by atoms with van der Waals surface area (Å²) in [6.45, 7) is 3.80. The Kier molecular flexibility index (Phi) is 6.13. The van der Waals surface area contributed by atoms with Gasteiger partial charge >= 0.3 is 0 Å². The molecule has 2 aromatic rings. The zero-order valence-corrected chi connectivity index (χ0v) is 18.1. The number of benzene rings is 2. The predicted molar refractivity (Wildman–Crippen MR) is 119 cm³/mol. The third-order valence-electron chi connectivity index (χ3n) is 6.27. The molecule has 2 heterocycles. The first-order chi connectivity index (χ1) is 14.6. The van der Waals surface area contributed by atoms with Crippen LogP contribution in [0, 0.1) is 0 Å². The van der Waals surface area contributed by atoms with E-state index >= 15 is 0 Å². The van der Waals surface area contributed by atoms with Gasteiger partial charge in [0.2, 0.25) is 0 Å². The number of nitrogens with one attached hydrogen (secondary N) is 1. The van der Waals surface area contributed by atoms with Crippen molar-refractivity contribution in [2.24, 2.45) is 0 Å². The van der Waals surface area contributed by atoms with Crippen molar-refractivity contribution in [3.63, 3.8) is 0 Å². The van der Waals surface area contributed by atoms with Gasteiger partial charge in [-0.1, -0.05) is 12.1 Å². The molecule has 1 fully saturated rings. The summed E-state index contributed by atoms with van der Waals surface area (Å²) in [4.78, 5) is 17.7. The van der Waals surface area contributed by atoms with Crippen LogP contribution in [0.2, 0.25) is 0 Å². The number of anilines is 1. The quantitative estimate of drug-likeness (QED) is 0.761. The second kappa shape index (κ2) is 8.96. The summed E-state index contributed by atoms with van der Waals surface area (Å²) >= 11 is 0. The Balaban J connectivity index is 1.53. The van der Waals surface area contributed by atoms with Gasteiger partial charge in [0.1, 0.15) is 11.5 Å². The second-order valence-electron chi connectivity index (χ2n) is 8.13. The third-order valence-corrected chi connectivity index (χ3v) is 6.27. The first-order valence-electron chi connectivity index (χ1n) is 10.7. The lowest BCUT2D eigenvalue weighted by Crippen LogP contribution is -2.36. The van der Waals surface area contributed by atoms with Crippen LogP contribution >= 0.6 is 0 Å². The summed E-state index contributed by atoms with van der Waals surface area (Å²) in [5.74, 6) is 1.11. The molecule has 2 aliphatic rings. The molecule has 1 unspecified atom stereocenters. The highest BCUT2D eigenvalue weighted by Crippen LogP contribution is 2.32. The van der Waals surface area contributed by atoms with Gasteiger partial charge in [-0.25, -0.2) is 0 Å². The van der Waals surface area contributed by atoms with Gasteiger partial charge in [-0.15, -0.1) is 0 Å². The standard InChI is InChI=1S/C24H31N3O3/c1-26-11-8-18-12-17(6-7-22(18)26)23(27-9-4-5-10-27)16-25-24(28)19-13-20(29-2)15-21(14-19)30-3/h6-7,12-15,23H,4-5,8-11,16H2,1-3H3,(H,25,28). The summed E-state index contributed by atoms with van der Waals surface area (Å²) < 4.78 is 10.6. The minimum Gasteiger partial charge on any atom is -0.497 e. The van der Waals surface area contributed by atoms with Gasteiger partial charge in [-0.3, -0.25) is 9.69 Å². The Labute approximate surface area is 178 Å². The van der Waals surface area contributed by atoms with Crippen LogP contribution in [-0.4, -0.2) is 58.3 Å². The predicted octanol–water partition coefficient (Wildman–Crippen LogP) is 3.26. The Morgan fingerprint density at radius 1 is 1.03 bits per heavy atom. The molecule has 0 aliphatic carbocycles. The number of likely N-dealkylation sites (tertiary alicyclic amines) is 1. The van der Waals surface area contributed by atoms with E-state index in [0.717, 1.165) is 26.1 Å². The zero-order valence-electron chi connectivity index (χ0n) is 18.1. The molecule has 160 valence electrons. The van der Waals surface area contributed by atoms with Crippen molar-refractivity contribution in [3.05, 3.63) is 53.1 Å². The molecule has 0 spiro atoms. The van der Waals surface area contributed by atoms with Crippen LogP contribution in [0.5, 0.6) is 11.5 Å². The van der Waals surface area contributed by atoms with E-state index in [1.807, 2.05) is 0 Å². The molecule has 1 atom stereocenters. The van der Waals surface area contributed by atoms with Crippen LogP contribution in [0.1, 0.15) is 40.4 Å². The number of fused-ring (bicyclic) bond motifs is 1. The smallest absolute Gasteiger partial charge is 0.251 e. The highest BCUT2D eigenvalue weighted by Gasteiger charge is 2.26. The Morgan fingerprint density at radius 2 is 1.73 bits per heavy atom. The number of hydrogen-bond donors (Lipinski definition) is 1. The molecule has 30 heavy (non-hydrogen) atoms. The van der Waals surface area contributed by atoms with Crippen molar-refractivity contribution in [3.8, 4) is 11.5 Å². The minimum atomic E-state index is -0.114. The van der Waals surface area contributed by atoms with E-state index < -0.39 is 0 Å². The molecule has 1 N–H and O–H groups in total. The number of rotatable bonds is 7. The van der Waals surface area contributed by atoms with Gasteiger partial charge in [-0.05, 0) is 61.7 Å². The summed E-state index contributed by atoms with van der Waals surface area (Å²) in [6, 6.07) is 12.2. The largest absolute Gasteiger partial charge is 0.497 e. The molecule has 0 aromatic heterocycles. The average Bonchev–Trinajstić information content (AvgIpc) is 3.43. The summed E-state index contributed by atoms with van der Waals surface area (Å²) in [5.41, 5.74) is 4.56. The van der Waals surface area contributed by atoms with Crippen molar-refractivity contribution in [2.75, 3.05) is 52.3 Å². The van der Waals surface area contributed by atoms with Crippen LogP contribution in [0.4, 0.5) is 5.69 Å². The molecule has 6 heteroatoms. The summed E-state index contributed by atoms with van der Waals surface area (Å²) in [7, 11) is 5.32. The van der Waals surface area contributed by atoms with Crippen LogP contribution in [0.25, 0.3) is 0 Å². The number of hydrogen-bond acceptors (Lipinski definition) is 5. The Bertz CT molecular complexity index is 886. The van der Waals surface area contributed by atoms with Crippen LogP contribution in [-0.2, 0) is 6.42 Å². The zero-order chi connectivity index (χ0) is 21.1. The normalized spacial score (nSPS) is 17.0. The average molecular weight is 410 g/mol. The summed E-state index contributed by atoms with van der Waals surface area (Å²) in [5, 5.41) is 3.15. The van der Waals surface area contributed by atoms with Crippen molar-refractivity contribution in [1.82, 2.24) is 10.2 Å². The highest BCUT2D eigenvalue weighted by atomic mass is 16.5. The number of nitrogens with zero attached hydrogens (tertiary/aromatic N) is 2. The number of carbonyl (C=O) groups is 1. The number of methoxy groups -OCH3 is 2. The Hall–Kier alpha value is -2.73. The molecule has 2 aliphatic heterocycles. The number of carbonyl (C=O) groups excluding carboxylic acids is 1. The molecule has 4 rings (SSSR count). The topological polar surface area (TPSA) is 54.0 Å². The SMILES string of the molecule is COc1cc(OC)cc(C(=O)NCC(c2ccc3c(c2)CCN3C)N2CCCC2)c1. The van der Waals surface area contributed by atoms with E-state index in [9.17, 15) is 4.79 Å². The maximum absolute atomic E-state index is 12.9. The van der Waals surface area contributed by atoms with Gasteiger partial charge in [0.15, 0.2) is 0 Å². The van der Waals surface area contributed by atoms with Gasteiger partial charge < -0.3 is 19.7 Å². The molecule has 0 saturated carbocycles. The van der Waals surface area contributed by atoms with Gasteiger partial charge in [0.05, 0.1) is 20.3 Å². The van der Waals surface area contributed by atoms with E-state index in [1.165, 1.54) is 29.7 Å². The maximum Gasteiger partial charge on any atom is 0.251 e. The molecule has 1 amide bonds. The third kappa shape index (κ3) is 4.24. The lowest BCUT2D eigenvalue weighted by molar-refractivity contribution is 0.0937. The van der Waals surface area contributed by atoms with Gasteiger partial charge in [0.25, 0.3) is 5.91 Å². The molecule has 0 radical (unpaired) electrons. The van der Waals surface area contributed by atoms with Crippen molar-refractivity contribution in [1.29, 1.82) is 0 Å². The number of amides is 1. The van der Waals surface area contributed by atoms with E-state index in [4.69, 9.17) is 9.47 Å². The van der Waals surface area contributed by atoms with Crippen molar-refractivity contribution < 1.29 is 14.3 Å². The fraction of sp³-hybridized carbons (Fsp3) is 0.458. The van der Waals surface area contributed by atoms with Crippen molar-refractivity contribution in [2.45, 2.75) is 25.3 Å². The number of likely N-dealkylation sites (N-methyl/N-ethyl adjacent to an activating group) is 1. The highest BCUT2D eigenvalue weighted by molar-refractivity contribution is 5.95. The van der Waals surface area contributed by atoms with E-state index in [1.54, 1.807) is 32.4 Å². The van der Waals surface area contributed by atoms with E-state index in [-0.39, 0.29) is 11.9 Å². The minimum absolute atomic E-state index is 0.114. The first-order valence-corrected chi connectivity index (χ1v) is 10.7. The molecule has 0 bridgehead atoms. The fourth-order valence-electron chi connectivity index (χ4n) is 4.53. The Morgan fingerprint density at radius 3 is 2.40 bits per heavy atom. The second-order valence-corrected chi connectivity index (χ2v) is 8.13. The van der Waals surface area contributed by atoms with Crippen LogP contribution in [0.15, 0.2) is 36.4 Å². The van der Waals surface area contributed by atoms with Crippen LogP contribution < -0.4 is 19.7 Å². The van der Waals surface area contributed by atoms with Gasteiger partial charge in [0, 0.05) is 37.5 Å². The van der Waals surface area contributed by atoms with E-state index in [0.29, 0.717) is 23.6 Å². The molecular formula is C24H31N3O3. The lowest BCUT2D eigenvalue weighted by Gasteiger charge is -2.29. The van der Waals surface area contributed by atoms with Gasteiger partial charge in [-0.2, -0.15) is 0 Å². The fourth-order valence-corrected chi connectivity index (χ4v) is 4.53. The molecular weight excluding hydrogens is 378 g/mol. The molecule has 6 nitrogen and oxygen atoms in total. The maximum atomic E-state index is 12.9. The summed E-state index contributed by atoms with van der Waals surface area (Å²) in [6.07, 6.45) is 3.51.